The second-order valence-electron chi connectivity index (χ2n) is 29.7. The van der Waals surface area contributed by atoms with Gasteiger partial charge in [0.1, 0.15) is 77.5 Å². The van der Waals surface area contributed by atoms with Crippen LogP contribution in [0.25, 0.3) is 44.6 Å². The molecule has 2 saturated carbocycles. The number of halogens is 6. The van der Waals surface area contributed by atoms with Gasteiger partial charge in [-0.2, -0.15) is 55.5 Å². The lowest BCUT2D eigenvalue weighted by molar-refractivity contribution is -0.142. The fourth-order valence-electron chi connectivity index (χ4n) is 14.5. The number of hydrogen-bond acceptors (Lipinski definition) is 19. The molecule has 0 amide bonds. The first kappa shape index (κ1) is 72.1. The molecule has 12 rings (SSSR count). The fourth-order valence-corrected chi connectivity index (χ4v) is 17.0. The second kappa shape index (κ2) is 28.2. The van der Waals surface area contributed by atoms with Crippen molar-refractivity contribution in [2.24, 2.45) is 5.41 Å². The monoisotopic (exact) mass is 1440 g/mol. The molecule has 100 heavy (non-hydrogen) atoms. The van der Waals surface area contributed by atoms with Gasteiger partial charge in [-0.25, -0.2) is 29.9 Å². The predicted octanol–water partition coefficient (Wildman–Crippen LogP) is 11.2. The number of pyridine rings is 2. The van der Waals surface area contributed by atoms with Crippen molar-refractivity contribution in [1.29, 1.82) is 10.5 Å². The first-order chi connectivity index (χ1) is 47.3. The molecule has 534 valence electrons. The summed E-state index contributed by atoms with van der Waals surface area (Å²) in [5.41, 5.74) is -3.71. The molecule has 8 aromatic heterocycles. The minimum atomic E-state index is -5.12. The number of alkyl halides is 6. The molecule has 0 aromatic carbocycles. The second-order valence-corrected chi connectivity index (χ2v) is 42.4. The van der Waals surface area contributed by atoms with Gasteiger partial charge in [-0.15, -0.1) is 0 Å². The van der Waals surface area contributed by atoms with Crippen LogP contribution in [-0.4, -0.2) is 172 Å². The molecule has 4 aliphatic rings. The minimum absolute atomic E-state index is 0.0332. The number of aromatic nitrogens is 12. The normalized spacial score (nSPS) is 20.7. The van der Waals surface area contributed by atoms with Crippen LogP contribution in [0.5, 0.6) is 11.8 Å². The molecule has 24 nitrogen and oxygen atoms in total. The van der Waals surface area contributed by atoms with Crippen LogP contribution in [0, 0.1) is 28.1 Å². The van der Waals surface area contributed by atoms with Gasteiger partial charge < -0.3 is 33.2 Å². The Kier molecular flexibility index (Phi) is 20.4. The number of rotatable bonds is 27. The lowest BCUT2D eigenvalue weighted by Crippen LogP contribution is -2.73. The van der Waals surface area contributed by atoms with E-state index in [4.69, 9.17) is 29.1 Å². The van der Waals surface area contributed by atoms with Crippen LogP contribution in [-0.2, 0) is 69.5 Å². The molecule has 10 heterocycles. The highest BCUT2D eigenvalue weighted by Gasteiger charge is 2.63. The SMILES string of the molecule is C[Si](C)(C)CCOCn1ccc2c(-c3cnn(C4(CC#N)CN(C5CCC(Oc6cc(CC(C#N)(CS(=O)(=O)O)C7(n8cc(-c9ncnc%10c9ccn%10COCC[Si](C)(C)C)cn8)CN(C8CCC(Oc9cc(CO)cc(C(F)(F)F)n9)CC8)C7)cc(C(F)(F)F)n6)CC5)C4)c3)ncnc21. The van der Waals surface area contributed by atoms with Crippen molar-refractivity contribution >= 4 is 48.3 Å². The lowest BCUT2D eigenvalue weighted by atomic mass is 9.63. The molecule has 2 aliphatic heterocycles. The lowest BCUT2D eigenvalue weighted by Gasteiger charge is -2.59. The Bertz CT molecular complexity index is 4440. The molecule has 1 atom stereocenters. The average molecular weight is 1440 g/mol. The molecule has 2 N–H and O–H groups in total. The predicted molar refractivity (Wildman–Crippen MR) is 361 cm³/mol. The Hall–Kier alpha value is -7.74. The fraction of sp³-hybridized carbons (Fsp3) is 0.552. The molecular weight excluding hydrogens is 1360 g/mol. The summed E-state index contributed by atoms with van der Waals surface area (Å²) in [6, 6.07) is 14.2. The summed E-state index contributed by atoms with van der Waals surface area (Å²) in [4.78, 5) is 30.2. The van der Waals surface area contributed by atoms with Gasteiger partial charge in [-0.3, -0.25) is 23.7 Å². The molecule has 1 unspecified atom stereocenters. The van der Waals surface area contributed by atoms with Gasteiger partial charge in [0.25, 0.3) is 10.1 Å². The third kappa shape index (κ3) is 15.8. The van der Waals surface area contributed by atoms with Crippen LogP contribution in [0.3, 0.4) is 0 Å². The van der Waals surface area contributed by atoms with Crippen LogP contribution in [0.4, 0.5) is 26.3 Å². The van der Waals surface area contributed by atoms with Crippen molar-refractivity contribution < 1.29 is 63.4 Å². The largest absolute Gasteiger partial charge is 0.474 e. The van der Waals surface area contributed by atoms with Crippen LogP contribution in [0.1, 0.15) is 80.3 Å². The quantitative estimate of drug-likeness (QED) is 0.0209. The number of fused-ring (bicyclic) bond motifs is 2. The van der Waals surface area contributed by atoms with Gasteiger partial charge in [-0.05, 0) is 105 Å². The number of nitrogens with zero attached hydrogens (tertiary/aromatic N) is 16. The summed E-state index contributed by atoms with van der Waals surface area (Å²) in [5.74, 6) is -1.92. The van der Waals surface area contributed by atoms with E-state index in [1.807, 2.05) is 49.4 Å². The number of hydrogen-bond donors (Lipinski definition) is 2. The van der Waals surface area contributed by atoms with E-state index >= 15 is 13.2 Å². The van der Waals surface area contributed by atoms with Crippen molar-refractivity contribution in [3.05, 3.63) is 109 Å². The first-order valence-corrected chi connectivity index (χ1v) is 42.6. The number of aliphatic hydroxyl groups excluding tert-OH is 1. The van der Waals surface area contributed by atoms with Crippen molar-refractivity contribution in [3.63, 3.8) is 0 Å². The van der Waals surface area contributed by atoms with E-state index in [2.05, 4.69) is 86.2 Å². The molecule has 0 bridgehead atoms. The third-order valence-corrected chi connectivity index (χ3v) is 24.2. The number of ether oxygens (including phenoxy) is 4. The molecule has 0 radical (unpaired) electrons. The third-order valence-electron chi connectivity index (χ3n) is 20.0. The van der Waals surface area contributed by atoms with E-state index in [1.54, 1.807) is 12.4 Å². The summed E-state index contributed by atoms with van der Waals surface area (Å²) >= 11 is 0. The Morgan fingerprint density at radius 1 is 0.640 bits per heavy atom. The van der Waals surface area contributed by atoms with Crippen LogP contribution < -0.4 is 9.47 Å². The average Bonchev–Trinajstić information content (AvgIpc) is 1.07. The zero-order chi connectivity index (χ0) is 71.2. The summed E-state index contributed by atoms with van der Waals surface area (Å²) in [7, 11) is -7.79. The number of likely N-dealkylation sites (tertiary alicyclic amines) is 2. The zero-order valence-electron chi connectivity index (χ0n) is 56.6. The highest BCUT2D eigenvalue weighted by Crippen LogP contribution is 2.51. The van der Waals surface area contributed by atoms with Crippen molar-refractivity contribution in [3.8, 4) is 46.4 Å². The summed E-state index contributed by atoms with van der Waals surface area (Å²) in [6.45, 7) is 15.6. The van der Waals surface area contributed by atoms with E-state index in [1.165, 1.54) is 35.7 Å². The van der Waals surface area contributed by atoms with E-state index in [0.29, 0.717) is 112 Å². The van der Waals surface area contributed by atoms with E-state index < -0.39 is 97.5 Å². The highest BCUT2D eigenvalue weighted by molar-refractivity contribution is 7.85. The number of aliphatic hydroxyl groups is 1. The molecular formula is C67H82F6N16O8SSi2. The maximum atomic E-state index is 15.2. The summed E-state index contributed by atoms with van der Waals surface area (Å²) in [6.07, 6.45) is 5.50. The number of nitriles is 2. The van der Waals surface area contributed by atoms with E-state index in [0.717, 1.165) is 40.8 Å². The van der Waals surface area contributed by atoms with Gasteiger partial charge in [0.2, 0.25) is 11.8 Å². The molecule has 0 spiro atoms. The van der Waals surface area contributed by atoms with Gasteiger partial charge in [0, 0.05) is 126 Å². The van der Waals surface area contributed by atoms with Crippen LogP contribution in [0.2, 0.25) is 51.4 Å². The molecule has 33 heteroatoms. The summed E-state index contributed by atoms with van der Waals surface area (Å²) in [5, 5.41) is 42.6. The van der Waals surface area contributed by atoms with Crippen LogP contribution >= 0.6 is 0 Å². The zero-order valence-corrected chi connectivity index (χ0v) is 59.4. The Morgan fingerprint density at radius 3 is 1.55 bits per heavy atom. The van der Waals surface area contributed by atoms with Gasteiger partial charge in [-0.1, -0.05) is 39.3 Å². The first-order valence-electron chi connectivity index (χ1n) is 33.5. The molecule has 8 aromatic rings. The standard InChI is InChI=1S/C67H82F6N16O8SSi2/c1-99(2,3)23-21-94-43-84-19-15-53-59(76-41-78-61(53)84)47-30-80-88(32-47)64(17-18-74)36-86(37-64)49-7-11-51(12-8-49)96-57-27-45(25-55(82-57)66(68,69)70)29-63(35-75,40-98(91,92)93)65(38-87(39-65)50-9-13-52(14-10-50)97-58-28-46(34-90)26-56(83-58)67(71,72)73)89-33-48(31-81-89)60-54-16-20-85(62(54)79-42-77-60)44-95-22-24-100(4,5)6/h15-16,19-20,25-28,30-33,41-42,49-52,90H,7-14,17,21-24,29,34,36-40,43-44H2,1-6H3,(H,91,92,93). The Balaban J connectivity index is 0.776. The van der Waals surface area contributed by atoms with Crippen LogP contribution in [0.15, 0.2) is 86.2 Å². The minimum Gasteiger partial charge on any atom is -0.474 e. The smallest absolute Gasteiger partial charge is 0.433 e. The van der Waals surface area contributed by atoms with Gasteiger partial charge >= 0.3 is 12.4 Å². The van der Waals surface area contributed by atoms with Crippen molar-refractivity contribution in [1.82, 2.24) is 68.4 Å². The van der Waals surface area contributed by atoms with Gasteiger partial charge in [0.05, 0.1) is 54.7 Å². The molecule has 2 aliphatic carbocycles. The summed E-state index contributed by atoms with van der Waals surface area (Å²) < 4.78 is 156. The highest BCUT2D eigenvalue weighted by atomic mass is 32.2. The van der Waals surface area contributed by atoms with E-state index in [-0.39, 0.29) is 61.2 Å². The maximum absolute atomic E-state index is 15.2. The maximum Gasteiger partial charge on any atom is 0.433 e. The molecule has 2 saturated heterocycles. The van der Waals surface area contributed by atoms with E-state index in [9.17, 15) is 41.8 Å². The topological polar surface area (TPSA) is 288 Å². The van der Waals surface area contributed by atoms with Gasteiger partial charge in [0.15, 0.2) is 0 Å². The molecule has 4 fully saturated rings. The Labute approximate surface area is 577 Å². The van der Waals surface area contributed by atoms with Crippen molar-refractivity contribution in [2.75, 3.05) is 45.1 Å². The Morgan fingerprint density at radius 2 is 1.10 bits per heavy atom. The van der Waals surface area contributed by atoms with Crippen molar-refractivity contribution in [2.45, 2.75) is 183 Å².